The van der Waals surface area contributed by atoms with Crippen LogP contribution in [0.15, 0.2) is 48.0 Å². The molecular formula is C23H20F3N7OS. The molecule has 0 radical (unpaired) electrons. The molecule has 0 saturated carbocycles. The van der Waals surface area contributed by atoms with Gasteiger partial charge in [0.25, 0.3) is 0 Å². The molecule has 2 N–H and O–H groups in total. The number of hydrogen-bond acceptors (Lipinski definition) is 9. The number of amidine groups is 1. The topological polar surface area (TPSA) is 102 Å². The highest BCUT2D eigenvalue weighted by Crippen LogP contribution is 2.47. The average molecular weight is 500 g/mol. The Morgan fingerprint density at radius 3 is 2.69 bits per heavy atom. The average Bonchev–Trinajstić information content (AvgIpc) is 3.25. The van der Waals surface area contributed by atoms with Gasteiger partial charge in [0, 0.05) is 23.8 Å². The Labute approximate surface area is 203 Å². The summed E-state index contributed by atoms with van der Waals surface area (Å²) in [7, 11) is 1.44. The second-order valence-corrected chi connectivity index (χ2v) is 9.18. The first-order valence-electron chi connectivity index (χ1n) is 10.6. The minimum absolute atomic E-state index is 0.0181. The van der Waals surface area contributed by atoms with E-state index in [2.05, 4.69) is 19.9 Å². The second kappa shape index (κ2) is 9.17. The van der Waals surface area contributed by atoms with Crippen LogP contribution < -0.4 is 15.4 Å². The maximum absolute atomic E-state index is 15.3. The third-order valence-corrected chi connectivity index (χ3v) is 6.97. The lowest BCUT2D eigenvalue weighted by Crippen LogP contribution is -2.40. The summed E-state index contributed by atoms with van der Waals surface area (Å²) in [5.74, 6) is -0.616. The third kappa shape index (κ3) is 4.41. The van der Waals surface area contributed by atoms with Gasteiger partial charge in [-0.05, 0) is 23.8 Å². The molecule has 3 aromatic rings. The van der Waals surface area contributed by atoms with Gasteiger partial charge in [-0.25, -0.2) is 38.1 Å². The van der Waals surface area contributed by atoms with Crippen LogP contribution in [0.3, 0.4) is 0 Å². The number of ether oxygens (including phenoxy) is 1. The van der Waals surface area contributed by atoms with Gasteiger partial charge in [0.1, 0.15) is 17.1 Å². The van der Waals surface area contributed by atoms with Crippen LogP contribution in [0.4, 0.5) is 19.1 Å². The highest BCUT2D eigenvalue weighted by atomic mass is 32.2. The van der Waals surface area contributed by atoms with Gasteiger partial charge in [-0.15, -0.1) is 0 Å². The molecule has 0 aliphatic carbocycles. The molecule has 2 atom stereocenters. The van der Waals surface area contributed by atoms with E-state index in [1.54, 1.807) is 6.07 Å². The van der Waals surface area contributed by atoms with Crippen molar-refractivity contribution in [1.29, 1.82) is 0 Å². The number of aromatic nitrogens is 4. The van der Waals surface area contributed by atoms with E-state index >= 15 is 4.39 Å². The lowest BCUT2D eigenvalue weighted by Gasteiger charge is -2.35. The smallest absolute Gasteiger partial charge is 0.232 e. The van der Waals surface area contributed by atoms with Gasteiger partial charge in [-0.1, -0.05) is 17.8 Å². The van der Waals surface area contributed by atoms with Crippen molar-refractivity contribution in [3.8, 4) is 5.88 Å². The summed E-state index contributed by atoms with van der Waals surface area (Å²) in [4.78, 5) is 22.6. The minimum Gasteiger partial charge on any atom is -0.480 e. The summed E-state index contributed by atoms with van der Waals surface area (Å²) in [5.41, 5.74) is 5.78. The molecule has 8 nitrogen and oxygen atoms in total. The number of hydrogen-bond donors (Lipinski definition) is 1. The van der Waals surface area contributed by atoms with E-state index in [1.165, 1.54) is 49.5 Å². The standard InChI is InChI=1S/C23H20F3N7OS/c1-34-20-9-28-19(8-29-20)18(26)5-13-2-3-17(25)16(4-13)23-12-33(22-30-6-15(24)7-31-22)10-14(23)11-35-21(27)32-23/h2-9,14H,10-12H2,1H3,(H2,27,32)/b18-5-/t14-,23-/m0/s1. The number of fused-ring (bicyclic) bond motifs is 1. The molecule has 0 bridgehead atoms. The molecule has 180 valence electrons. The Kier molecular flexibility index (Phi) is 6.05. The number of rotatable bonds is 5. The Morgan fingerprint density at radius 1 is 1.17 bits per heavy atom. The van der Waals surface area contributed by atoms with Crippen molar-refractivity contribution in [3.05, 3.63) is 71.4 Å². The molecule has 2 aliphatic heterocycles. The van der Waals surface area contributed by atoms with E-state index in [1.807, 2.05) is 4.90 Å². The van der Waals surface area contributed by atoms with Crippen molar-refractivity contribution in [1.82, 2.24) is 19.9 Å². The van der Waals surface area contributed by atoms with Gasteiger partial charge in [-0.3, -0.25) is 0 Å². The molecule has 1 aromatic carbocycles. The van der Waals surface area contributed by atoms with Crippen LogP contribution in [-0.2, 0) is 5.54 Å². The van der Waals surface area contributed by atoms with Gasteiger partial charge in [0.15, 0.2) is 16.8 Å². The first-order valence-corrected chi connectivity index (χ1v) is 11.6. The van der Waals surface area contributed by atoms with Crippen molar-refractivity contribution in [2.75, 3.05) is 30.9 Å². The van der Waals surface area contributed by atoms with Crippen molar-refractivity contribution in [2.24, 2.45) is 16.6 Å². The monoisotopic (exact) mass is 499 g/mol. The third-order valence-electron chi connectivity index (χ3n) is 6.01. The summed E-state index contributed by atoms with van der Waals surface area (Å²) in [6, 6.07) is 4.33. The molecule has 0 spiro atoms. The van der Waals surface area contributed by atoms with Gasteiger partial charge in [-0.2, -0.15) is 0 Å². The van der Waals surface area contributed by atoms with Crippen LogP contribution in [0.1, 0.15) is 16.8 Å². The molecular weight excluding hydrogens is 479 g/mol. The number of aliphatic imine (C=N–C) groups is 1. The molecule has 4 heterocycles. The first kappa shape index (κ1) is 23.1. The number of nitrogens with zero attached hydrogens (tertiary/aromatic N) is 6. The Bertz CT molecular complexity index is 1300. The highest BCUT2D eigenvalue weighted by molar-refractivity contribution is 8.13. The van der Waals surface area contributed by atoms with Crippen molar-refractivity contribution in [3.63, 3.8) is 0 Å². The fourth-order valence-corrected chi connectivity index (χ4v) is 5.33. The largest absolute Gasteiger partial charge is 0.480 e. The zero-order chi connectivity index (χ0) is 24.6. The van der Waals surface area contributed by atoms with Crippen LogP contribution in [0.25, 0.3) is 11.9 Å². The Hall–Kier alpha value is -3.67. The van der Waals surface area contributed by atoms with Crippen molar-refractivity contribution < 1.29 is 17.9 Å². The van der Waals surface area contributed by atoms with Crippen LogP contribution in [0.2, 0.25) is 0 Å². The zero-order valence-corrected chi connectivity index (χ0v) is 19.3. The van der Waals surface area contributed by atoms with Gasteiger partial charge in [0.2, 0.25) is 11.8 Å². The lowest BCUT2D eigenvalue weighted by molar-refractivity contribution is 0.370. The number of anilines is 1. The molecule has 1 saturated heterocycles. The van der Waals surface area contributed by atoms with E-state index in [-0.39, 0.29) is 29.6 Å². The second-order valence-electron chi connectivity index (χ2n) is 8.14. The number of halogens is 3. The maximum Gasteiger partial charge on any atom is 0.232 e. The van der Waals surface area contributed by atoms with E-state index in [0.29, 0.717) is 29.0 Å². The van der Waals surface area contributed by atoms with Crippen molar-refractivity contribution >= 4 is 34.8 Å². The number of thioether (sulfide) groups is 1. The number of nitrogens with two attached hydrogens (primary N) is 1. The van der Waals surface area contributed by atoms with Crippen molar-refractivity contribution in [2.45, 2.75) is 5.54 Å². The van der Waals surface area contributed by atoms with Crippen LogP contribution >= 0.6 is 11.8 Å². The zero-order valence-electron chi connectivity index (χ0n) is 18.5. The maximum atomic E-state index is 15.3. The van der Waals surface area contributed by atoms with E-state index in [4.69, 9.17) is 15.5 Å². The van der Waals surface area contributed by atoms with Crippen LogP contribution in [-0.4, -0.2) is 51.1 Å². The van der Waals surface area contributed by atoms with Gasteiger partial charge < -0.3 is 15.4 Å². The molecule has 0 amide bonds. The molecule has 5 rings (SSSR count). The number of methoxy groups -OCH3 is 1. The Morgan fingerprint density at radius 2 is 1.97 bits per heavy atom. The normalized spacial score (nSPS) is 22.1. The van der Waals surface area contributed by atoms with Crippen LogP contribution in [0.5, 0.6) is 5.88 Å². The fraction of sp³-hybridized carbons (Fsp3) is 0.261. The molecule has 1 fully saturated rings. The molecule has 35 heavy (non-hydrogen) atoms. The summed E-state index contributed by atoms with van der Waals surface area (Å²) < 4.78 is 48.4. The van der Waals surface area contributed by atoms with E-state index < -0.39 is 23.0 Å². The van der Waals surface area contributed by atoms with Crippen LogP contribution in [0, 0.1) is 17.6 Å². The summed E-state index contributed by atoms with van der Waals surface area (Å²) in [6.45, 7) is 0.714. The minimum atomic E-state index is -1.03. The summed E-state index contributed by atoms with van der Waals surface area (Å²) in [6.07, 6.45) is 5.99. The summed E-state index contributed by atoms with van der Waals surface area (Å²) >= 11 is 1.39. The number of benzene rings is 1. The molecule has 0 unspecified atom stereocenters. The Balaban J connectivity index is 1.53. The molecule has 2 aromatic heterocycles. The predicted molar refractivity (Wildman–Crippen MR) is 127 cm³/mol. The van der Waals surface area contributed by atoms with Gasteiger partial charge >= 0.3 is 0 Å². The molecule has 12 heteroatoms. The predicted octanol–water partition coefficient (Wildman–Crippen LogP) is 3.41. The highest BCUT2D eigenvalue weighted by Gasteiger charge is 2.52. The van der Waals surface area contributed by atoms with E-state index in [0.717, 1.165) is 12.4 Å². The first-order chi connectivity index (χ1) is 16.9. The van der Waals surface area contributed by atoms with Gasteiger partial charge in [0.05, 0.1) is 38.4 Å². The SMILES string of the molecule is COc1cnc(/C(F)=C/c2ccc(F)c([C@]34CN(c5ncc(F)cn5)C[C@H]3CSC(N)=N4)c2)cn1. The lowest BCUT2D eigenvalue weighted by atomic mass is 9.81. The van der Waals surface area contributed by atoms with E-state index in [9.17, 15) is 8.78 Å². The fourth-order valence-electron chi connectivity index (χ4n) is 4.35. The summed E-state index contributed by atoms with van der Waals surface area (Å²) in [5, 5.41) is 0.336. The quantitative estimate of drug-likeness (QED) is 0.570. The molecule has 2 aliphatic rings.